The molecule has 1 rings (SSSR count). The SMILES string of the molecule is CCCCC/C=C\C/C=C\C/C=C\C/C=C\CCCCCCCCCCC(O)C(=O)NC(COC1OC(CO)C(O)C(O)C1OC(=O)CCCCCCCCCCCCCCCCCCC/C=C/CCCCCCCC)C(O)/C=C/CCCCCCCCCCCC. The summed E-state index contributed by atoms with van der Waals surface area (Å²) >= 11 is 0. The van der Waals surface area contributed by atoms with Crippen molar-refractivity contribution in [3.63, 3.8) is 0 Å². The number of carbonyl (C=O) groups is 2. The van der Waals surface area contributed by atoms with Crippen LogP contribution in [0.4, 0.5) is 0 Å². The highest BCUT2D eigenvalue weighted by molar-refractivity contribution is 5.80. The van der Waals surface area contributed by atoms with Gasteiger partial charge in [0.05, 0.1) is 25.4 Å². The predicted molar refractivity (Wildman–Crippen MR) is 389 cm³/mol. The lowest BCUT2D eigenvalue weighted by Gasteiger charge is -2.41. The van der Waals surface area contributed by atoms with E-state index in [4.69, 9.17) is 14.2 Å². The fourth-order valence-electron chi connectivity index (χ4n) is 12.2. The maximum atomic E-state index is 13.5. The summed E-state index contributed by atoms with van der Waals surface area (Å²) < 4.78 is 17.7. The van der Waals surface area contributed by atoms with Gasteiger partial charge in [0.15, 0.2) is 12.4 Å². The molecule has 92 heavy (non-hydrogen) atoms. The first-order valence-corrected chi connectivity index (χ1v) is 39.2. The Kier molecular flexibility index (Phi) is 64.4. The number of rotatable bonds is 68. The van der Waals surface area contributed by atoms with Gasteiger partial charge >= 0.3 is 5.97 Å². The molecule has 1 aliphatic rings. The summed E-state index contributed by atoms with van der Waals surface area (Å²) in [5.74, 6) is -1.19. The predicted octanol–water partition coefficient (Wildman–Crippen LogP) is 21.0. The summed E-state index contributed by atoms with van der Waals surface area (Å²) in [6, 6.07) is -1.03. The Morgan fingerprint density at radius 3 is 1.15 bits per heavy atom. The summed E-state index contributed by atoms with van der Waals surface area (Å²) in [6.45, 7) is 5.81. The van der Waals surface area contributed by atoms with E-state index in [1.54, 1.807) is 6.08 Å². The van der Waals surface area contributed by atoms with Gasteiger partial charge in [-0.05, 0) is 96.3 Å². The highest BCUT2D eigenvalue weighted by Crippen LogP contribution is 2.27. The van der Waals surface area contributed by atoms with Gasteiger partial charge in [0.2, 0.25) is 5.91 Å². The third-order valence-electron chi connectivity index (χ3n) is 18.3. The van der Waals surface area contributed by atoms with Crippen LogP contribution < -0.4 is 5.32 Å². The molecule has 1 heterocycles. The Labute approximate surface area is 566 Å². The van der Waals surface area contributed by atoms with Gasteiger partial charge in [0.1, 0.15) is 24.4 Å². The van der Waals surface area contributed by atoms with Gasteiger partial charge in [-0.15, -0.1) is 0 Å². The van der Waals surface area contributed by atoms with Crippen molar-refractivity contribution in [3.05, 3.63) is 72.9 Å². The van der Waals surface area contributed by atoms with E-state index in [0.717, 1.165) is 83.5 Å². The highest BCUT2D eigenvalue weighted by Gasteiger charge is 2.47. The van der Waals surface area contributed by atoms with E-state index in [9.17, 15) is 35.1 Å². The number of unbranched alkanes of at least 4 members (excludes halogenated alkanes) is 44. The molecule has 1 saturated heterocycles. The van der Waals surface area contributed by atoms with Gasteiger partial charge in [-0.2, -0.15) is 0 Å². The van der Waals surface area contributed by atoms with Crippen LogP contribution in [0.3, 0.4) is 0 Å². The van der Waals surface area contributed by atoms with E-state index < -0.39 is 67.4 Å². The van der Waals surface area contributed by atoms with Crippen molar-refractivity contribution in [3.8, 4) is 0 Å². The molecule has 0 aromatic heterocycles. The molecular weight excluding hydrogens is 1150 g/mol. The summed E-state index contributed by atoms with van der Waals surface area (Å²) in [6.07, 6.45) is 79.5. The van der Waals surface area contributed by atoms with Crippen LogP contribution in [0.1, 0.15) is 367 Å². The standard InChI is InChI=1S/C81H147NO10/c1-4-7-10-13-16-19-22-25-27-29-31-33-35-37-38-39-41-43-45-47-49-51-54-57-60-63-66-69-76(86)92-79-78(88)77(87)75(70-83)91-81(79)90-71-72(73(84)67-64-61-58-55-52-24-21-18-15-12-9-6-3)82-80(89)74(85)68-65-62-59-56-53-50-48-46-44-42-40-36-34-32-30-28-26-23-20-17-14-11-8-5-2/h17,20,25-28,32,34,40,42,64,67,72-75,77-79,81,83-85,87-88H,4-16,18-19,21-24,29-31,33,35-39,41,43-63,65-66,68-71H2,1-3H3,(H,82,89)/b20-17-,27-25+,28-26-,34-32-,42-40-,67-64+. The summed E-state index contributed by atoms with van der Waals surface area (Å²) in [7, 11) is 0. The van der Waals surface area contributed by atoms with Crippen molar-refractivity contribution in [2.45, 2.75) is 416 Å². The van der Waals surface area contributed by atoms with Crippen LogP contribution in [0, 0.1) is 0 Å². The first-order valence-electron chi connectivity index (χ1n) is 39.2. The van der Waals surface area contributed by atoms with Crippen LogP contribution in [-0.2, 0) is 23.8 Å². The number of aliphatic hydroxyl groups excluding tert-OH is 5. The molecule has 0 bridgehead atoms. The van der Waals surface area contributed by atoms with Crippen LogP contribution in [0.5, 0.6) is 0 Å². The monoisotopic (exact) mass is 1290 g/mol. The first kappa shape index (κ1) is 87.1. The molecule has 11 heteroatoms. The minimum atomic E-state index is -1.62. The average Bonchev–Trinajstić information content (AvgIpc) is 0.928. The quantitative estimate of drug-likeness (QED) is 0.0195. The molecule has 0 aliphatic carbocycles. The Morgan fingerprint density at radius 1 is 0.424 bits per heavy atom. The lowest BCUT2D eigenvalue weighted by molar-refractivity contribution is -0.305. The van der Waals surface area contributed by atoms with Crippen LogP contribution >= 0.6 is 0 Å². The van der Waals surface area contributed by atoms with E-state index in [2.05, 4.69) is 86.8 Å². The summed E-state index contributed by atoms with van der Waals surface area (Å²) in [4.78, 5) is 26.8. The Hall–Kier alpha value is -2.90. The van der Waals surface area contributed by atoms with Gasteiger partial charge in [0, 0.05) is 6.42 Å². The van der Waals surface area contributed by atoms with E-state index in [1.165, 1.54) is 238 Å². The lowest BCUT2D eigenvalue weighted by Crippen LogP contribution is -2.61. The van der Waals surface area contributed by atoms with Crippen molar-refractivity contribution in [1.29, 1.82) is 0 Å². The molecule has 0 spiro atoms. The number of nitrogens with one attached hydrogen (secondary N) is 1. The van der Waals surface area contributed by atoms with Crippen molar-refractivity contribution < 1.29 is 49.3 Å². The van der Waals surface area contributed by atoms with Crippen LogP contribution in [0.15, 0.2) is 72.9 Å². The highest BCUT2D eigenvalue weighted by atomic mass is 16.7. The number of carbonyl (C=O) groups excluding carboxylic acids is 2. The Balaban J connectivity index is 2.51. The number of esters is 1. The topological polar surface area (TPSA) is 175 Å². The zero-order valence-electron chi connectivity index (χ0n) is 59.9. The molecule has 0 aromatic carbocycles. The van der Waals surface area contributed by atoms with Gasteiger partial charge in [0.25, 0.3) is 0 Å². The van der Waals surface area contributed by atoms with Crippen LogP contribution in [0.2, 0.25) is 0 Å². The zero-order chi connectivity index (χ0) is 66.7. The van der Waals surface area contributed by atoms with Crippen molar-refractivity contribution >= 4 is 11.9 Å². The number of aliphatic hydroxyl groups is 5. The number of ether oxygens (including phenoxy) is 3. The van der Waals surface area contributed by atoms with Crippen LogP contribution in [-0.4, -0.2) is 99.6 Å². The summed E-state index contributed by atoms with van der Waals surface area (Å²) in [5.41, 5.74) is 0. The van der Waals surface area contributed by atoms with E-state index >= 15 is 0 Å². The largest absolute Gasteiger partial charge is 0.454 e. The van der Waals surface area contributed by atoms with E-state index in [-0.39, 0.29) is 19.4 Å². The molecule has 536 valence electrons. The third kappa shape index (κ3) is 54.2. The number of hydrogen-bond donors (Lipinski definition) is 6. The van der Waals surface area contributed by atoms with Gasteiger partial charge in [-0.1, -0.05) is 338 Å². The molecule has 0 aromatic rings. The summed E-state index contributed by atoms with van der Waals surface area (Å²) in [5, 5.41) is 57.4. The maximum Gasteiger partial charge on any atom is 0.306 e. The normalized spacial score (nSPS) is 18.3. The fraction of sp³-hybridized carbons (Fsp3) is 0.827. The van der Waals surface area contributed by atoms with Gasteiger partial charge in [-0.3, -0.25) is 9.59 Å². The van der Waals surface area contributed by atoms with Crippen molar-refractivity contribution in [2.75, 3.05) is 13.2 Å². The molecule has 1 aliphatic heterocycles. The van der Waals surface area contributed by atoms with Crippen molar-refractivity contribution in [2.24, 2.45) is 0 Å². The number of allylic oxidation sites excluding steroid dienone is 11. The Bertz CT molecular complexity index is 1780. The van der Waals surface area contributed by atoms with E-state index in [0.29, 0.717) is 12.8 Å². The third-order valence-corrected chi connectivity index (χ3v) is 18.3. The molecule has 11 nitrogen and oxygen atoms in total. The average molecular weight is 1300 g/mol. The first-order chi connectivity index (χ1) is 45.2. The van der Waals surface area contributed by atoms with Crippen LogP contribution in [0.25, 0.3) is 0 Å². The number of amides is 1. The van der Waals surface area contributed by atoms with Gasteiger partial charge < -0.3 is 45.1 Å². The molecule has 8 unspecified atom stereocenters. The Morgan fingerprint density at radius 2 is 0.750 bits per heavy atom. The molecule has 1 amide bonds. The number of hydrogen-bond acceptors (Lipinski definition) is 10. The second kappa shape index (κ2) is 68.1. The molecule has 1 fully saturated rings. The second-order valence-corrected chi connectivity index (χ2v) is 27.1. The molecular formula is C81H147NO10. The molecule has 8 atom stereocenters. The lowest BCUT2D eigenvalue weighted by atomic mass is 9.99. The zero-order valence-corrected chi connectivity index (χ0v) is 59.9. The molecule has 6 N–H and O–H groups in total. The smallest absolute Gasteiger partial charge is 0.306 e. The van der Waals surface area contributed by atoms with Gasteiger partial charge in [-0.25, -0.2) is 0 Å². The molecule has 0 radical (unpaired) electrons. The maximum absolute atomic E-state index is 13.5. The molecule has 0 saturated carbocycles. The van der Waals surface area contributed by atoms with Crippen molar-refractivity contribution in [1.82, 2.24) is 5.32 Å². The van der Waals surface area contributed by atoms with E-state index in [1.807, 2.05) is 6.08 Å². The minimum absolute atomic E-state index is 0.124. The second-order valence-electron chi connectivity index (χ2n) is 27.1. The minimum Gasteiger partial charge on any atom is -0.454 e. The fourth-order valence-corrected chi connectivity index (χ4v) is 12.2.